The number of carbonyl (C=O) groups excluding carboxylic acids is 2. The maximum Gasteiger partial charge on any atom is 0.409 e. The number of benzene rings is 2. The molecule has 0 aliphatic carbocycles. The van der Waals surface area contributed by atoms with Gasteiger partial charge in [-0.25, -0.2) is 4.79 Å². The van der Waals surface area contributed by atoms with E-state index in [1.54, 1.807) is 36.3 Å². The van der Waals surface area contributed by atoms with E-state index in [1.807, 2.05) is 0 Å². The number of ether oxygens (including phenoxy) is 3. The average molecular weight is 429 g/mol. The van der Waals surface area contributed by atoms with Crippen LogP contribution < -0.4 is 9.47 Å². The highest BCUT2D eigenvalue weighted by Crippen LogP contribution is 2.31. The Balaban J connectivity index is 1.86. The van der Waals surface area contributed by atoms with E-state index in [0.717, 1.165) is 0 Å². The number of nitro groups is 1. The SMILES string of the molecule is COC(=O)N1CCCN(C(=O)c2cc([N+](=O)[O-])ccc2Oc2ccc(OC)cc2)CC1. The first-order valence-electron chi connectivity index (χ1n) is 9.65. The summed E-state index contributed by atoms with van der Waals surface area (Å²) in [6.45, 7) is 1.44. The number of hydrogen-bond acceptors (Lipinski definition) is 7. The van der Waals surface area contributed by atoms with E-state index in [-0.39, 0.29) is 23.5 Å². The van der Waals surface area contributed by atoms with Gasteiger partial charge in [0.15, 0.2) is 0 Å². The third-order valence-corrected chi connectivity index (χ3v) is 4.91. The van der Waals surface area contributed by atoms with Crippen LogP contribution in [-0.4, -0.2) is 67.1 Å². The number of carbonyl (C=O) groups is 2. The van der Waals surface area contributed by atoms with Crippen LogP contribution in [-0.2, 0) is 4.74 Å². The molecule has 0 saturated carbocycles. The molecular formula is C21H23N3O7. The third-order valence-electron chi connectivity index (χ3n) is 4.91. The summed E-state index contributed by atoms with van der Waals surface area (Å²) in [7, 11) is 2.85. The second-order valence-corrected chi connectivity index (χ2v) is 6.82. The Bertz CT molecular complexity index is 962. The van der Waals surface area contributed by atoms with Gasteiger partial charge in [-0.05, 0) is 36.8 Å². The molecule has 164 valence electrons. The maximum absolute atomic E-state index is 13.3. The first kappa shape index (κ1) is 21.9. The smallest absolute Gasteiger partial charge is 0.409 e. The van der Waals surface area contributed by atoms with Crippen molar-refractivity contribution in [3.05, 3.63) is 58.1 Å². The van der Waals surface area contributed by atoms with E-state index >= 15 is 0 Å². The fourth-order valence-corrected chi connectivity index (χ4v) is 3.26. The fraction of sp³-hybridized carbons (Fsp3) is 0.333. The van der Waals surface area contributed by atoms with Gasteiger partial charge in [0.05, 0.1) is 24.7 Å². The zero-order chi connectivity index (χ0) is 22.4. The molecule has 0 unspecified atom stereocenters. The van der Waals surface area contributed by atoms with Gasteiger partial charge in [0.25, 0.3) is 11.6 Å². The van der Waals surface area contributed by atoms with Crippen LogP contribution in [0.2, 0.25) is 0 Å². The molecule has 2 aromatic rings. The molecule has 3 rings (SSSR count). The number of amides is 2. The number of nitro benzene ring substituents is 1. The van der Waals surface area contributed by atoms with Crippen molar-refractivity contribution >= 4 is 17.7 Å². The molecule has 0 aromatic heterocycles. The highest BCUT2D eigenvalue weighted by atomic mass is 16.6. The molecule has 0 atom stereocenters. The quantitative estimate of drug-likeness (QED) is 0.529. The molecule has 31 heavy (non-hydrogen) atoms. The van der Waals surface area contributed by atoms with Gasteiger partial charge in [0.1, 0.15) is 17.2 Å². The normalized spacial score (nSPS) is 13.9. The predicted octanol–water partition coefficient (Wildman–Crippen LogP) is 3.31. The van der Waals surface area contributed by atoms with Gasteiger partial charge in [0, 0.05) is 38.3 Å². The Labute approximate surface area is 179 Å². The van der Waals surface area contributed by atoms with E-state index in [0.29, 0.717) is 37.6 Å². The molecule has 0 N–H and O–H groups in total. The predicted molar refractivity (Wildman–Crippen MR) is 111 cm³/mol. The summed E-state index contributed by atoms with van der Waals surface area (Å²) in [5, 5.41) is 11.3. The van der Waals surface area contributed by atoms with Crippen molar-refractivity contribution in [2.45, 2.75) is 6.42 Å². The Morgan fingerprint density at radius 3 is 2.23 bits per heavy atom. The standard InChI is InChI=1S/C21H23N3O7/c1-29-16-5-7-17(8-6-16)31-19-9-4-15(24(27)28)14-18(19)20(25)22-10-3-11-23(13-12-22)21(26)30-2/h4-9,14H,3,10-13H2,1-2H3. The van der Waals surface area contributed by atoms with E-state index in [2.05, 4.69) is 0 Å². The van der Waals surface area contributed by atoms with Gasteiger partial charge < -0.3 is 24.0 Å². The molecule has 0 spiro atoms. The minimum absolute atomic E-state index is 0.0801. The van der Waals surface area contributed by atoms with E-state index in [1.165, 1.54) is 30.2 Å². The number of nitrogens with zero attached hydrogens (tertiary/aromatic N) is 3. The van der Waals surface area contributed by atoms with Crippen molar-refractivity contribution < 1.29 is 28.7 Å². The van der Waals surface area contributed by atoms with E-state index < -0.39 is 16.9 Å². The monoisotopic (exact) mass is 429 g/mol. The van der Waals surface area contributed by atoms with Gasteiger partial charge in [-0.1, -0.05) is 0 Å². The van der Waals surface area contributed by atoms with Gasteiger partial charge in [-0.15, -0.1) is 0 Å². The Hall–Kier alpha value is -3.82. The highest BCUT2D eigenvalue weighted by Gasteiger charge is 2.26. The largest absolute Gasteiger partial charge is 0.497 e. The van der Waals surface area contributed by atoms with Crippen LogP contribution in [0.15, 0.2) is 42.5 Å². The zero-order valence-corrected chi connectivity index (χ0v) is 17.3. The van der Waals surface area contributed by atoms with Gasteiger partial charge in [-0.3, -0.25) is 14.9 Å². The summed E-state index contributed by atoms with van der Waals surface area (Å²) in [6, 6.07) is 10.7. The summed E-state index contributed by atoms with van der Waals surface area (Å²) in [5.41, 5.74) is -0.132. The second-order valence-electron chi connectivity index (χ2n) is 6.82. The topological polar surface area (TPSA) is 111 Å². The molecule has 0 bridgehead atoms. The van der Waals surface area contributed by atoms with Gasteiger partial charge in [0.2, 0.25) is 0 Å². The summed E-state index contributed by atoms with van der Waals surface area (Å²) in [6.07, 6.45) is 0.109. The van der Waals surface area contributed by atoms with Crippen molar-refractivity contribution in [2.24, 2.45) is 0 Å². The Morgan fingerprint density at radius 2 is 1.58 bits per heavy atom. The van der Waals surface area contributed by atoms with Crippen molar-refractivity contribution in [2.75, 3.05) is 40.4 Å². The van der Waals surface area contributed by atoms with E-state index in [4.69, 9.17) is 14.2 Å². The summed E-state index contributed by atoms with van der Waals surface area (Å²) < 4.78 is 15.7. The summed E-state index contributed by atoms with van der Waals surface area (Å²) in [4.78, 5) is 38.8. The first-order valence-corrected chi connectivity index (χ1v) is 9.65. The zero-order valence-electron chi connectivity index (χ0n) is 17.3. The minimum Gasteiger partial charge on any atom is -0.497 e. The molecule has 2 aromatic carbocycles. The number of rotatable bonds is 5. The summed E-state index contributed by atoms with van der Waals surface area (Å²) in [5.74, 6) is 0.900. The lowest BCUT2D eigenvalue weighted by molar-refractivity contribution is -0.384. The average Bonchev–Trinajstić information content (AvgIpc) is 3.05. The second kappa shape index (κ2) is 9.79. The van der Waals surface area contributed by atoms with Crippen molar-refractivity contribution in [3.63, 3.8) is 0 Å². The van der Waals surface area contributed by atoms with Crippen molar-refractivity contribution in [3.8, 4) is 17.2 Å². The lowest BCUT2D eigenvalue weighted by atomic mass is 10.1. The molecule has 10 heteroatoms. The first-order chi connectivity index (χ1) is 14.9. The van der Waals surface area contributed by atoms with Crippen LogP contribution >= 0.6 is 0 Å². The maximum atomic E-state index is 13.3. The van der Waals surface area contributed by atoms with Crippen LogP contribution in [0, 0.1) is 10.1 Å². The lowest BCUT2D eigenvalue weighted by Crippen LogP contribution is -2.37. The molecule has 1 aliphatic rings. The van der Waals surface area contributed by atoms with Crippen LogP contribution in [0.25, 0.3) is 0 Å². The molecule has 1 aliphatic heterocycles. The Kier molecular flexibility index (Phi) is 6.91. The third kappa shape index (κ3) is 5.21. The van der Waals surface area contributed by atoms with Crippen LogP contribution in [0.3, 0.4) is 0 Å². The van der Waals surface area contributed by atoms with Gasteiger partial charge >= 0.3 is 6.09 Å². The number of non-ortho nitro benzene ring substituents is 1. The Morgan fingerprint density at radius 1 is 0.935 bits per heavy atom. The van der Waals surface area contributed by atoms with Crippen LogP contribution in [0.1, 0.15) is 16.8 Å². The highest BCUT2D eigenvalue weighted by molar-refractivity contribution is 5.97. The minimum atomic E-state index is -0.560. The van der Waals surface area contributed by atoms with Crippen molar-refractivity contribution in [1.29, 1.82) is 0 Å². The molecule has 2 amide bonds. The van der Waals surface area contributed by atoms with Crippen LogP contribution in [0.5, 0.6) is 17.2 Å². The van der Waals surface area contributed by atoms with Crippen molar-refractivity contribution in [1.82, 2.24) is 9.80 Å². The van der Waals surface area contributed by atoms with Gasteiger partial charge in [-0.2, -0.15) is 0 Å². The molecule has 1 fully saturated rings. The molecule has 1 heterocycles. The van der Waals surface area contributed by atoms with E-state index in [9.17, 15) is 19.7 Å². The molecular weight excluding hydrogens is 406 g/mol. The molecule has 10 nitrogen and oxygen atoms in total. The number of hydrogen-bond donors (Lipinski definition) is 0. The fourth-order valence-electron chi connectivity index (χ4n) is 3.26. The number of methoxy groups -OCH3 is 2. The lowest BCUT2D eigenvalue weighted by Gasteiger charge is -2.22. The molecule has 0 radical (unpaired) electrons. The summed E-state index contributed by atoms with van der Waals surface area (Å²) >= 11 is 0. The molecule has 1 saturated heterocycles. The van der Waals surface area contributed by atoms with Crippen LogP contribution in [0.4, 0.5) is 10.5 Å².